The van der Waals surface area contributed by atoms with Crippen LogP contribution in [0.1, 0.15) is 42.5 Å². The molecule has 0 unspecified atom stereocenters. The van der Waals surface area contributed by atoms with E-state index in [1.54, 1.807) is 12.1 Å². The Morgan fingerprint density at radius 2 is 1.76 bits per heavy atom. The van der Waals surface area contributed by atoms with Gasteiger partial charge in [0.05, 0.1) is 16.2 Å². The molecular formula is C20H23ClN2O2. The third-order valence-electron chi connectivity index (χ3n) is 4.64. The van der Waals surface area contributed by atoms with Gasteiger partial charge >= 0.3 is 0 Å². The van der Waals surface area contributed by atoms with E-state index in [0.717, 1.165) is 43.5 Å². The minimum Gasteiger partial charge on any atom is -0.388 e. The van der Waals surface area contributed by atoms with Gasteiger partial charge in [-0.1, -0.05) is 49.1 Å². The summed E-state index contributed by atoms with van der Waals surface area (Å²) in [5.41, 5.74) is 1.34. The number of benzene rings is 2. The van der Waals surface area contributed by atoms with E-state index in [1.165, 1.54) is 0 Å². The number of rotatable bonds is 5. The van der Waals surface area contributed by atoms with Gasteiger partial charge in [0.2, 0.25) is 0 Å². The van der Waals surface area contributed by atoms with Gasteiger partial charge in [-0.05, 0) is 43.2 Å². The van der Waals surface area contributed by atoms with Gasteiger partial charge in [0.25, 0.3) is 5.91 Å². The van der Waals surface area contributed by atoms with Gasteiger partial charge in [0.15, 0.2) is 0 Å². The first-order valence-electron chi connectivity index (χ1n) is 8.68. The molecular weight excluding hydrogens is 336 g/mol. The Balaban J connectivity index is 1.68. The van der Waals surface area contributed by atoms with Crippen molar-refractivity contribution in [1.29, 1.82) is 0 Å². The molecule has 0 aromatic heterocycles. The highest BCUT2D eigenvalue weighted by molar-refractivity contribution is 6.34. The van der Waals surface area contributed by atoms with Crippen LogP contribution in [0.2, 0.25) is 5.02 Å². The van der Waals surface area contributed by atoms with Crippen LogP contribution in [-0.4, -0.2) is 23.2 Å². The minimum absolute atomic E-state index is 0.262. The third kappa shape index (κ3) is 4.74. The molecule has 5 heteroatoms. The first-order chi connectivity index (χ1) is 12.1. The van der Waals surface area contributed by atoms with E-state index in [0.29, 0.717) is 10.6 Å². The number of aliphatic hydroxyl groups is 1. The summed E-state index contributed by atoms with van der Waals surface area (Å²) in [5, 5.41) is 17.0. The molecule has 1 amide bonds. The van der Waals surface area contributed by atoms with Crippen LogP contribution in [0.15, 0.2) is 48.5 Å². The lowest BCUT2D eigenvalue weighted by Crippen LogP contribution is -2.44. The second-order valence-corrected chi connectivity index (χ2v) is 7.06. The first kappa shape index (κ1) is 17.8. The van der Waals surface area contributed by atoms with Crippen LogP contribution >= 0.6 is 11.6 Å². The third-order valence-corrected chi connectivity index (χ3v) is 4.97. The van der Waals surface area contributed by atoms with Crippen LogP contribution in [0.3, 0.4) is 0 Å². The molecule has 132 valence electrons. The van der Waals surface area contributed by atoms with Gasteiger partial charge in [-0.2, -0.15) is 0 Å². The summed E-state index contributed by atoms with van der Waals surface area (Å²) >= 11 is 6.20. The van der Waals surface area contributed by atoms with E-state index >= 15 is 0 Å². The van der Waals surface area contributed by atoms with E-state index in [1.807, 2.05) is 36.4 Å². The number of hydrogen-bond donors (Lipinski definition) is 3. The lowest BCUT2D eigenvalue weighted by Gasteiger charge is -2.32. The summed E-state index contributed by atoms with van der Waals surface area (Å²) in [7, 11) is 0. The van der Waals surface area contributed by atoms with E-state index < -0.39 is 5.60 Å². The molecule has 3 N–H and O–H groups in total. The zero-order valence-electron chi connectivity index (χ0n) is 14.1. The smallest absolute Gasteiger partial charge is 0.252 e. The van der Waals surface area contributed by atoms with Crippen molar-refractivity contribution in [3.05, 3.63) is 59.1 Å². The summed E-state index contributed by atoms with van der Waals surface area (Å²) in [4.78, 5) is 12.5. The van der Waals surface area contributed by atoms with Crippen LogP contribution < -0.4 is 10.6 Å². The zero-order valence-corrected chi connectivity index (χ0v) is 14.9. The molecule has 2 aromatic rings. The standard InChI is InChI=1S/C20H23ClN2O2/c21-18-10-9-16(23-15-7-3-1-4-8-15)13-17(18)19(24)22-14-20(25)11-5-2-6-12-20/h1,3-4,7-10,13,23,25H,2,5-6,11-12,14H2,(H,22,24). The fourth-order valence-electron chi connectivity index (χ4n) is 3.19. The Hall–Kier alpha value is -2.04. The summed E-state index contributed by atoms with van der Waals surface area (Å²) < 4.78 is 0. The number of anilines is 2. The van der Waals surface area contributed by atoms with Crippen molar-refractivity contribution in [3.8, 4) is 0 Å². The van der Waals surface area contributed by atoms with Crippen LogP contribution in [-0.2, 0) is 0 Å². The molecule has 1 aliphatic carbocycles. The minimum atomic E-state index is -0.791. The summed E-state index contributed by atoms with van der Waals surface area (Å²) in [5.74, 6) is -0.263. The molecule has 4 nitrogen and oxygen atoms in total. The van der Waals surface area contributed by atoms with Gasteiger partial charge in [-0.25, -0.2) is 0 Å². The van der Waals surface area contributed by atoms with Gasteiger partial charge in [0.1, 0.15) is 0 Å². The fraction of sp³-hybridized carbons (Fsp3) is 0.350. The van der Waals surface area contributed by atoms with Crippen molar-refractivity contribution in [2.24, 2.45) is 0 Å². The normalized spacial score (nSPS) is 16.2. The molecule has 1 aliphatic rings. The Labute approximate surface area is 153 Å². The molecule has 0 radical (unpaired) electrons. The number of nitrogens with one attached hydrogen (secondary N) is 2. The molecule has 25 heavy (non-hydrogen) atoms. The predicted octanol–water partition coefficient (Wildman–Crippen LogP) is 4.51. The maximum atomic E-state index is 12.5. The van der Waals surface area contributed by atoms with Crippen LogP contribution in [0.25, 0.3) is 0 Å². The van der Waals surface area contributed by atoms with Crippen molar-refractivity contribution < 1.29 is 9.90 Å². The Morgan fingerprint density at radius 3 is 2.48 bits per heavy atom. The molecule has 1 fully saturated rings. The Morgan fingerprint density at radius 1 is 1.04 bits per heavy atom. The molecule has 0 aliphatic heterocycles. The number of hydrogen-bond acceptors (Lipinski definition) is 3. The number of para-hydroxylation sites is 1. The summed E-state index contributed by atoms with van der Waals surface area (Å²) in [6.45, 7) is 0.262. The molecule has 0 bridgehead atoms. The maximum absolute atomic E-state index is 12.5. The van der Waals surface area contributed by atoms with Gasteiger partial charge in [0, 0.05) is 17.9 Å². The highest BCUT2D eigenvalue weighted by atomic mass is 35.5. The maximum Gasteiger partial charge on any atom is 0.252 e. The van der Waals surface area contributed by atoms with E-state index in [9.17, 15) is 9.90 Å². The number of halogens is 1. The lowest BCUT2D eigenvalue weighted by molar-refractivity contribution is 0.00526. The van der Waals surface area contributed by atoms with Crippen molar-refractivity contribution in [2.45, 2.75) is 37.7 Å². The second-order valence-electron chi connectivity index (χ2n) is 6.65. The number of carbonyl (C=O) groups excluding carboxylic acids is 1. The summed E-state index contributed by atoms with van der Waals surface area (Å²) in [6.07, 6.45) is 4.62. The van der Waals surface area contributed by atoms with E-state index in [4.69, 9.17) is 11.6 Å². The SMILES string of the molecule is O=C(NCC1(O)CCCCC1)c1cc(Nc2ccccc2)ccc1Cl. The van der Waals surface area contributed by atoms with Gasteiger partial charge in [-0.3, -0.25) is 4.79 Å². The fourth-order valence-corrected chi connectivity index (χ4v) is 3.40. The summed E-state index contributed by atoms with van der Waals surface area (Å²) in [6, 6.07) is 15.0. The zero-order chi connectivity index (χ0) is 17.7. The van der Waals surface area contributed by atoms with Crippen LogP contribution in [0.5, 0.6) is 0 Å². The number of amides is 1. The van der Waals surface area contributed by atoms with Crippen molar-refractivity contribution in [1.82, 2.24) is 5.32 Å². The molecule has 3 rings (SSSR count). The molecule has 1 saturated carbocycles. The van der Waals surface area contributed by atoms with Gasteiger partial charge < -0.3 is 15.7 Å². The highest BCUT2D eigenvalue weighted by Gasteiger charge is 2.29. The monoisotopic (exact) mass is 358 g/mol. The average molecular weight is 359 g/mol. The quantitative estimate of drug-likeness (QED) is 0.737. The predicted molar refractivity (Wildman–Crippen MR) is 102 cm³/mol. The van der Waals surface area contributed by atoms with Gasteiger partial charge in [-0.15, -0.1) is 0 Å². The first-order valence-corrected chi connectivity index (χ1v) is 9.06. The molecule has 0 spiro atoms. The Bertz CT molecular complexity index is 728. The van der Waals surface area contributed by atoms with Crippen molar-refractivity contribution >= 4 is 28.9 Å². The lowest BCUT2D eigenvalue weighted by atomic mass is 9.85. The second kappa shape index (κ2) is 7.89. The molecule has 0 atom stereocenters. The molecule has 0 heterocycles. The molecule has 2 aromatic carbocycles. The average Bonchev–Trinajstić information content (AvgIpc) is 2.63. The van der Waals surface area contributed by atoms with Crippen LogP contribution in [0.4, 0.5) is 11.4 Å². The van der Waals surface area contributed by atoms with Crippen molar-refractivity contribution in [2.75, 3.05) is 11.9 Å². The van der Waals surface area contributed by atoms with Crippen LogP contribution in [0, 0.1) is 0 Å². The topological polar surface area (TPSA) is 61.4 Å². The van der Waals surface area contributed by atoms with Crippen molar-refractivity contribution in [3.63, 3.8) is 0 Å². The van der Waals surface area contributed by atoms with E-state index in [-0.39, 0.29) is 12.5 Å². The largest absolute Gasteiger partial charge is 0.388 e. The highest BCUT2D eigenvalue weighted by Crippen LogP contribution is 2.28. The molecule has 0 saturated heterocycles. The Kier molecular flexibility index (Phi) is 5.61. The number of carbonyl (C=O) groups is 1. The van der Waals surface area contributed by atoms with E-state index in [2.05, 4.69) is 10.6 Å².